The van der Waals surface area contributed by atoms with Crippen LogP contribution in [-0.4, -0.2) is 13.6 Å². The van der Waals surface area contributed by atoms with Gasteiger partial charge in [-0.2, -0.15) is 8.78 Å². The van der Waals surface area contributed by atoms with E-state index < -0.39 is 21.0 Å². The van der Waals surface area contributed by atoms with Gasteiger partial charge >= 0.3 is 5.25 Å². The van der Waals surface area contributed by atoms with Gasteiger partial charge in [0.25, 0.3) is 10.0 Å². The number of hydrogen-bond acceptors (Lipinski definition) is 4. The number of sulfonamides is 1. The van der Waals surface area contributed by atoms with Crippen LogP contribution < -0.4 is 5.14 Å². The zero-order chi connectivity index (χ0) is 12.0. The minimum atomic E-state index is -5.07. The maximum Gasteiger partial charge on any atom is 0.404 e. The van der Waals surface area contributed by atoms with Gasteiger partial charge in [-0.1, -0.05) is 17.3 Å². The molecule has 0 amide bonds. The Kier molecular flexibility index (Phi) is 2.21. The number of rotatable bonds is 2. The normalized spacial score (nSPS) is 13.2. The lowest BCUT2D eigenvalue weighted by Crippen LogP contribution is -2.33. The van der Waals surface area contributed by atoms with Crippen molar-refractivity contribution in [2.24, 2.45) is 5.14 Å². The third kappa shape index (κ3) is 1.46. The number of fused-ring (bicyclic) bond motifs is 1. The summed E-state index contributed by atoms with van der Waals surface area (Å²) in [6, 6.07) is 5.68. The summed E-state index contributed by atoms with van der Waals surface area (Å²) in [7, 11) is -5.07. The molecule has 0 saturated heterocycles. The molecule has 2 N–H and O–H groups in total. The second kappa shape index (κ2) is 3.22. The van der Waals surface area contributed by atoms with E-state index >= 15 is 0 Å². The van der Waals surface area contributed by atoms with E-state index in [1.807, 2.05) is 0 Å². The van der Waals surface area contributed by atoms with Crippen LogP contribution in [0.25, 0.3) is 11.0 Å². The lowest BCUT2D eigenvalue weighted by molar-refractivity contribution is 0.0831. The Balaban J connectivity index is 2.74. The first-order valence-corrected chi connectivity index (χ1v) is 5.64. The van der Waals surface area contributed by atoms with E-state index in [9.17, 15) is 17.2 Å². The van der Waals surface area contributed by atoms with Crippen molar-refractivity contribution in [1.82, 2.24) is 5.16 Å². The van der Waals surface area contributed by atoms with Gasteiger partial charge in [0.05, 0.1) is 5.39 Å². The summed E-state index contributed by atoms with van der Waals surface area (Å²) in [6.07, 6.45) is 0. The quantitative estimate of drug-likeness (QED) is 0.864. The molecule has 1 aromatic heterocycles. The Morgan fingerprint density at radius 1 is 1.31 bits per heavy atom. The fraction of sp³-hybridized carbons (Fsp3) is 0.125. The second-order valence-electron chi connectivity index (χ2n) is 3.09. The predicted molar refractivity (Wildman–Crippen MR) is 51.0 cm³/mol. The molecule has 0 spiro atoms. The molecule has 0 aliphatic carbocycles. The van der Waals surface area contributed by atoms with Crippen LogP contribution >= 0.6 is 0 Å². The zero-order valence-corrected chi connectivity index (χ0v) is 8.54. The molecule has 0 atom stereocenters. The van der Waals surface area contributed by atoms with Gasteiger partial charge in [0, 0.05) is 0 Å². The monoisotopic (exact) mass is 248 g/mol. The topological polar surface area (TPSA) is 86.2 Å². The molecule has 0 fully saturated rings. The first-order chi connectivity index (χ1) is 7.34. The molecular weight excluding hydrogens is 242 g/mol. The Morgan fingerprint density at radius 3 is 2.56 bits per heavy atom. The lowest BCUT2D eigenvalue weighted by atomic mass is 10.2. The fourth-order valence-electron chi connectivity index (χ4n) is 1.23. The first-order valence-electron chi connectivity index (χ1n) is 4.09. The molecule has 8 heteroatoms. The van der Waals surface area contributed by atoms with Gasteiger partial charge in [-0.15, -0.1) is 0 Å². The molecule has 0 bridgehead atoms. The summed E-state index contributed by atoms with van der Waals surface area (Å²) < 4.78 is 52.8. The van der Waals surface area contributed by atoms with Crippen molar-refractivity contribution in [3.05, 3.63) is 30.0 Å². The molecule has 1 heterocycles. The van der Waals surface area contributed by atoms with Crippen LogP contribution in [0.4, 0.5) is 8.78 Å². The summed E-state index contributed by atoms with van der Waals surface area (Å²) in [5.41, 5.74) is -0.925. The van der Waals surface area contributed by atoms with Crippen LogP contribution in [0, 0.1) is 0 Å². The largest absolute Gasteiger partial charge is 0.404 e. The number of benzene rings is 1. The van der Waals surface area contributed by atoms with Crippen molar-refractivity contribution in [2.45, 2.75) is 5.25 Å². The Bertz CT molecular complexity index is 636. The van der Waals surface area contributed by atoms with Crippen LogP contribution in [0.2, 0.25) is 0 Å². The van der Waals surface area contributed by atoms with E-state index in [2.05, 4.69) is 14.8 Å². The van der Waals surface area contributed by atoms with Crippen molar-refractivity contribution in [3.63, 3.8) is 0 Å². The summed E-state index contributed by atoms with van der Waals surface area (Å²) in [5.74, 6) is 0. The second-order valence-corrected chi connectivity index (χ2v) is 4.69. The number of aromatic nitrogens is 1. The third-order valence-electron chi connectivity index (χ3n) is 2.01. The van der Waals surface area contributed by atoms with Crippen molar-refractivity contribution in [1.29, 1.82) is 0 Å². The predicted octanol–water partition coefficient (Wildman–Crippen LogP) is 1.17. The Labute approximate surface area is 88.9 Å². The number of nitrogens with zero attached hydrogens (tertiary/aromatic N) is 1. The number of hydrogen-bond donors (Lipinski definition) is 1. The fourth-order valence-corrected chi connectivity index (χ4v) is 1.65. The molecule has 2 aromatic rings. The minimum absolute atomic E-state index is 0.0702. The van der Waals surface area contributed by atoms with Crippen molar-refractivity contribution in [3.8, 4) is 0 Å². The van der Waals surface area contributed by atoms with Crippen LogP contribution in [0.3, 0.4) is 0 Å². The molecule has 16 heavy (non-hydrogen) atoms. The van der Waals surface area contributed by atoms with E-state index in [4.69, 9.17) is 0 Å². The minimum Gasteiger partial charge on any atom is -0.356 e. The van der Waals surface area contributed by atoms with Crippen LogP contribution in [-0.2, 0) is 15.3 Å². The van der Waals surface area contributed by atoms with E-state index in [1.165, 1.54) is 18.2 Å². The van der Waals surface area contributed by atoms with Gasteiger partial charge in [0.1, 0.15) is 0 Å². The highest BCUT2D eigenvalue weighted by Gasteiger charge is 2.48. The summed E-state index contributed by atoms with van der Waals surface area (Å²) in [4.78, 5) is 0. The maximum atomic E-state index is 13.4. The zero-order valence-electron chi connectivity index (χ0n) is 7.72. The number of alkyl halides is 2. The highest BCUT2D eigenvalue weighted by Crippen LogP contribution is 2.35. The summed E-state index contributed by atoms with van der Waals surface area (Å²) in [5, 5.41) is 3.14. The number of halogens is 2. The van der Waals surface area contributed by atoms with E-state index in [0.717, 1.165) is 0 Å². The molecule has 0 aliphatic rings. The third-order valence-corrected chi connectivity index (χ3v) is 2.92. The van der Waals surface area contributed by atoms with Crippen LogP contribution in [0.1, 0.15) is 5.69 Å². The lowest BCUT2D eigenvalue weighted by Gasteiger charge is -2.09. The molecule has 0 saturated carbocycles. The van der Waals surface area contributed by atoms with Crippen molar-refractivity contribution in [2.75, 3.05) is 0 Å². The number of para-hydroxylation sites is 1. The van der Waals surface area contributed by atoms with Gasteiger partial charge < -0.3 is 4.52 Å². The number of nitrogens with two attached hydrogens (primary N) is 1. The van der Waals surface area contributed by atoms with Gasteiger partial charge in [-0.05, 0) is 12.1 Å². The molecule has 0 radical (unpaired) electrons. The molecule has 0 aliphatic heterocycles. The highest BCUT2D eigenvalue weighted by molar-refractivity contribution is 7.89. The van der Waals surface area contributed by atoms with Crippen LogP contribution in [0.5, 0.6) is 0 Å². The first kappa shape index (κ1) is 11.0. The van der Waals surface area contributed by atoms with Crippen LogP contribution in [0.15, 0.2) is 28.8 Å². The number of primary sulfonamides is 1. The summed E-state index contributed by atoms with van der Waals surface area (Å²) in [6.45, 7) is 0. The van der Waals surface area contributed by atoms with Gasteiger partial charge in [-0.3, -0.25) is 0 Å². The average Bonchev–Trinajstić information content (AvgIpc) is 2.59. The van der Waals surface area contributed by atoms with Gasteiger partial charge in [0.15, 0.2) is 11.3 Å². The molecular formula is C8H6F2N2O3S. The molecule has 86 valence electrons. The van der Waals surface area contributed by atoms with E-state index in [0.29, 0.717) is 0 Å². The molecule has 5 nitrogen and oxygen atoms in total. The summed E-state index contributed by atoms with van der Waals surface area (Å²) >= 11 is 0. The van der Waals surface area contributed by atoms with E-state index in [1.54, 1.807) is 6.07 Å². The van der Waals surface area contributed by atoms with Gasteiger partial charge in [-0.25, -0.2) is 13.6 Å². The highest BCUT2D eigenvalue weighted by atomic mass is 32.2. The standard InChI is InChI=1S/C8H6F2N2O3S/c9-8(10,16(11,13)14)7-5-3-1-2-4-6(5)15-12-7/h1-4H,(H2,11,13,14). The molecule has 1 aromatic carbocycles. The van der Waals surface area contributed by atoms with E-state index in [-0.39, 0.29) is 11.0 Å². The SMILES string of the molecule is NS(=O)(=O)C(F)(F)c1noc2ccccc12. The average molecular weight is 248 g/mol. The molecule has 0 unspecified atom stereocenters. The van der Waals surface area contributed by atoms with Crippen molar-refractivity contribution < 1.29 is 21.7 Å². The van der Waals surface area contributed by atoms with Gasteiger partial charge in [0.2, 0.25) is 0 Å². The Morgan fingerprint density at radius 2 is 1.94 bits per heavy atom. The smallest absolute Gasteiger partial charge is 0.356 e. The maximum absolute atomic E-state index is 13.4. The molecule has 2 rings (SSSR count). The Hall–Kier alpha value is -1.54. The van der Waals surface area contributed by atoms with Crippen molar-refractivity contribution >= 4 is 21.0 Å².